The first-order valence-corrected chi connectivity index (χ1v) is 9.29. The van der Waals surface area contributed by atoms with E-state index in [4.69, 9.17) is 15.2 Å². The summed E-state index contributed by atoms with van der Waals surface area (Å²) in [6.07, 6.45) is 1.87. The van der Waals surface area contributed by atoms with Crippen LogP contribution in [0.5, 0.6) is 11.5 Å². The lowest BCUT2D eigenvalue weighted by molar-refractivity contribution is 0.152. The van der Waals surface area contributed by atoms with Crippen LogP contribution in [0.1, 0.15) is 18.4 Å². The highest BCUT2D eigenvalue weighted by Crippen LogP contribution is 2.22. The molecular formula is C21H28ClN3O3. The average Bonchev–Trinajstić information content (AvgIpc) is 2.73. The van der Waals surface area contributed by atoms with E-state index in [0.717, 1.165) is 48.7 Å². The Hall–Kier alpha value is -2.44. The smallest absolute Gasteiger partial charge is 0.321 e. The summed E-state index contributed by atoms with van der Waals surface area (Å²) in [5.41, 5.74) is 7.44. The molecule has 1 saturated heterocycles. The van der Waals surface area contributed by atoms with Gasteiger partial charge in [0.2, 0.25) is 0 Å². The summed E-state index contributed by atoms with van der Waals surface area (Å²) >= 11 is 0. The van der Waals surface area contributed by atoms with Crippen molar-refractivity contribution in [2.45, 2.75) is 19.4 Å². The van der Waals surface area contributed by atoms with E-state index in [1.54, 1.807) is 7.11 Å². The fourth-order valence-corrected chi connectivity index (χ4v) is 3.17. The van der Waals surface area contributed by atoms with Gasteiger partial charge in [-0.25, -0.2) is 4.79 Å². The van der Waals surface area contributed by atoms with Crippen molar-refractivity contribution in [2.75, 3.05) is 32.1 Å². The molecule has 2 aromatic carbocycles. The highest BCUT2D eigenvalue weighted by molar-refractivity contribution is 5.89. The van der Waals surface area contributed by atoms with E-state index < -0.39 is 0 Å². The van der Waals surface area contributed by atoms with E-state index in [1.807, 2.05) is 53.4 Å². The topological polar surface area (TPSA) is 76.8 Å². The fourth-order valence-electron chi connectivity index (χ4n) is 3.17. The van der Waals surface area contributed by atoms with Gasteiger partial charge in [0.15, 0.2) is 0 Å². The monoisotopic (exact) mass is 405 g/mol. The van der Waals surface area contributed by atoms with Crippen LogP contribution in [0.4, 0.5) is 10.5 Å². The standard InChI is InChI=1S/C21H27N3O3.ClH/c1-26-19-5-7-20(8-6-19)27-15-16-9-11-24(12-10-16)21(25)23-18-4-2-3-17(13-18)14-22;/h2-8,13,16H,9-12,14-15,22H2,1H3,(H,23,25);1H. The van der Waals surface area contributed by atoms with Crippen LogP contribution in [0, 0.1) is 5.92 Å². The van der Waals surface area contributed by atoms with E-state index in [0.29, 0.717) is 19.1 Å². The normalized spacial score (nSPS) is 14.1. The number of nitrogens with zero attached hydrogens (tertiary/aromatic N) is 1. The number of nitrogens with one attached hydrogen (secondary N) is 1. The molecule has 28 heavy (non-hydrogen) atoms. The Balaban J connectivity index is 0.00000280. The molecule has 152 valence electrons. The summed E-state index contributed by atoms with van der Waals surface area (Å²) in [5.74, 6) is 2.12. The molecule has 3 rings (SSSR count). The van der Waals surface area contributed by atoms with Crippen molar-refractivity contribution < 1.29 is 14.3 Å². The Bertz CT molecular complexity index is 747. The number of carbonyl (C=O) groups is 1. The Morgan fingerprint density at radius 2 is 1.82 bits per heavy atom. The number of anilines is 1. The maximum absolute atomic E-state index is 12.5. The van der Waals surface area contributed by atoms with Crippen LogP contribution in [0.2, 0.25) is 0 Å². The molecular weight excluding hydrogens is 378 g/mol. The second-order valence-corrected chi connectivity index (χ2v) is 6.75. The third-order valence-corrected chi connectivity index (χ3v) is 4.86. The second kappa shape index (κ2) is 10.8. The van der Waals surface area contributed by atoms with Crippen molar-refractivity contribution in [3.8, 4) is 11.5 Å². The van der Waals surface area contributed by atoms with Crippen molar-refractivity contribution in [2.24, 2.45) is 11.7 Å². The molecule has 7 heteroatoms. The number of urea groups is 1. The van der Waals surface area contributed by atoms with E-state index in [1.165, 1.54) is 0 Å². The molecule has 0 unspecified atom stereocenters. The lowest BCUT2D eigenvalue weighted by Crippen LogP contribution is -2.42. The molecule has 0 spiro atoms. The fraction of sp³-hybridized carbons (Fsp3) is 0.381. The number of hydrogen-bond donors (Lipinski definition) is 2. The highest BCUT2D eigenvalue weighted by Gasteiger charge is 2.23. The minimum absolute atomic E-state index is 0. The average molecular weight is 406 g/mol. The Morgan fingerprint density at radius 3 is 2.46 bits per heavy atom. The lowest BCUT2D eigenvalue weighted by Gasteiger charge is -2.32. The number of likely N-dealkylation sites (tertiary alicyclic amines) is 1. The van der Waals surface area contributed by atoms with Crippen LogP contribution in [-0.2, 0) is 6.54 Å². The molecule has 1 heterocycles. The zero-order valence-electron chi connectivity index (χ0n) is 16.1. The van der Waals surface area contributed by atoms with Crippen LogP contribution in [0.3, 0.4) is 0 Å². The van der Waals surface area contributed by atoms with Gasteiger partial charge in [-0.2, -0.15) is 0 Å². The summed E-state index contributed by atoms with van der Waals surface area (Å²) < 4.78 is 11.0. The molecule has 1 fully saturated rings. The van der Waals surface area contributed by atoms with Gasteiger partial charge in [-0.05, 0) is 60.7 Å². The van der Waals surface area contributed by atoms with Crippen molar-refractivity contribution >= 4 is 24.1 Å². The van der Waals surface area contributed by atoms with Gasteiger partial charge in [0.05, 0.1) is 13.7 Å². The highest BCUT2D eigenvalue weighted by atomic mass is 35.5. The number of piperidine rings is 1. The maximum Gasteiger partial charge on any atom is 0.321 e. The number of benzene rings is 2. The van der Waals surface area contributed by atoms with Gasteiger partial charge in [-0.3, -0.25) is 0 Å². The minimum atomic E-state index is -0.0568. The third kappa shape index (κ3) is 6.04. The van der Waals surface area contributed by atoms with E-state index in [-0.39, 0.29) is 18.4 Å². The number of carbonyl (C=O) groups excluding carboxylic acids is 1. The van der Waals surface area contributed by atoms with Crippen LogP contribution >= 0.6 is 12.4 Å². The molecule has 0 radical (unpaired) electrons. The maximum atomic E-state index is 12.5. The first kappa shape index (κ1) is 21.9. The summed E-state index contributed by atoms with van der Waals surface area (Å²) in [6, 6.07) is 15.2. The Kier molecular flexibility index (Phi) is 8.42. The van der Waals surface area contributed by atoms with Gasteiger partial charge in [-0.15, -0.1) is 12.4 Å². The third-order valence-electron chi connectivity index (χ3n) is 4.86. The molecule has 0 aliphatic carbocycles. The molecule has 3 N–H and O–H groups in total. The Morgan fingerprint density at radius 1 is 1.14 bits per heavy atom. The molecule has 0 atom stereocenters. The predicted octanol–water partition coefficient (Wildman–Crippen LogP) is 3.90. The van der Waals surface area contributed by atoms with Crippen molar-refractivity contribution in [1.29, 1.82) is 0 Å². The number of hydrogen-bond acceptors (Lipinski definition) is 4. The minimum Gasteiger partial charge on any atom is -0.497 e. The van der Waals surface area contributed by atoms with Gasteiger partial charge < -0.3 is 25.4 Å². The molecule has 1 aliphatic heterocycles. The number of halogens is 1. The summed E-state index contributed by atoms with van der Waals surface area (Å²) in [7, 11) is 1.65. The van der Waals surface area contributed by atoms with Crippen molar-refractivity contribution in [1.82, 2.24) is 4.90 Å². The molecule has 0 aromatic heterocycles. The summed E-state index contributed by atoms with van der Waals surface area (Å²) in [5, 5.41) is 2.96. The van der Waals surface area contributed by atoms with Gasteiger partial charge in [0.25, 0.3) is 0 Å². The van der Waals surface area contributed by atoms with Gasteiger partial charge in [0, 0.05) is 25.3 Å². The predicted molar refractivity (Wildman–Crippen MR) is 113 cm³/mol. The molecule has 2 amide bonds. The van der Waals surface area contributed by atoms with Gasteiger partial charge in [0.1, 0.15) is 11.5 Å². The summed E-state index contributed by atoms with van der Waals surface area (Å²) in [6.45, 7) is 2.60. The van der Waals surface area contributed by atoms with Crippen LogP contribution < -0.4 is 20.5 Å². The largest absolute Gasteiger partial charge is 0.497 e. The van der Waals surface area contributed by atoms with E-state index in [2.05, 4.69) is 5.32 Å². The molecule has 0 bridgehead atoms. The summed E-state index contributed by atoms with van der Waals surface area (Å²) in [4.78, 5) is 14.3. The zero-order chi connectivity index (χ0) is 19.1. The van der Waals surface area contributed by atoms with Gasteiger partial charge >= 0.3 is 6.03 Å². The molecule has 6 nitrogen and oxygen atoms in total. The van der Waals surface area contributed by atoms with Gasteiger partial charge in [-0.1, -0.05) is 12.1 Å². The number of amides is 2. The number of nitrogens with two attached hydrogens (primary N) is 1. The SMILES string of the molecule is COc1ccc(OCC2CCN(C(=O)Nc3cccc(CN)c3)CC2)cc1.Cl. The first-order valence-electron chi connectivity index (χ1n) is 9.29. The van der Waals surface area contributed by atoms with Crippen LogP contribution in [-0.4, -0.2) is 37.7 Å². The number of methoxy groups -OCH3 is 1. The van der Waals surface area contributed by atoms with E-state index in [9.17, 15) is 4.79 Å². The van der Waals surface area contributed by atoms with Crippen LogP contribution in [0.25, 0.3) is 0 Å². The number of ether oxygens (including phenoxy) is 2. The van der Waals surface area contributed by atoms with Crippen molar-refractivity contribution in [3.05, 3.63) is 54.1 Å². The van der Waals surface area contributed by atoms with Crippen molar-refractivity contribution in [3.63, 3.8) is 0 Å². The molecule has 1 aliphatic rings. The first-order chi connectivity index (χ1) is 13.2. The van der Waals surface area contributed by atoms with Crippen LogP contribution in [0.15, 0.2) is 48.5 Å². The zero-order valence-corrected chi connectivity index (χ0v) is 16.9. The second-order valence-electron chi connectivity index (χ2n) is 6.75. The molecule has 2 aromatic rings. The van der Waals surface area contributed by atoms with E-state index >= 15 is 0 Å². The quantitative estimate of drug-likeness (QED) is 0.764. The molecule has 0 saturated carbocycles. The lowest BCUT2D eigenvalue weighted by atomic mass is 9.98. The number of rotatable bonds is 6. The Labute approximate surface area is 172 Å².